The van der Waals surface area contributed by atoms with Crippen molar-refractivity contribution >= 4 is 12.2 Å². The highest BCUT2D eigenvalue weighted by Crippen LogP contribution is 2.33. The fraction of sp³-hybridized carbons (Fsp3) is 0.176. The maximum Gasteiger partial charge on any atom is 0.343 e. The van der Waals surface area contributed by atoms with Gasteiger partial charge in [-0.2, -0.15) is 0 Å². The average molecular weight is 315 g/mol. The Hall–Kier alpha value is -3.02. The normalized spacial score (nSPS) is 10.4. The van der Waals surface area contributed by atoms with Crippen molar-refractivity contribution in [3.05, 3.63) is 53.6 Å². The largest absolute Gasteiger partial charge is 0.496 e. The Bertz CT molecular complexity index is 698. The molecule has 0 radical (unpaired) electrons. The van der Waals surface area contributed by atoms with E-state index >= 15 is 0 Å². The third-order valence-electron chi connectivity index (χ3n) is 3.03. The molecular formula is C17H17NO5. The predicted octanol–water partition coefficient (Wildman–Crippen LogP) is 2.90. The van der Waals surface area contributed by atoms with Gasteiger partial charge in [-0.25, -0.2) is 4.79 Å². The van der Waals surface area contributed by atoms with Crippen LogP contribution >= 0.6 is 0 Å². The lowest BCUT2D eigenvalue weighted by atomic mass is 10.1. The lowest BCUT2D eigenvalue weighted by Gasteiger charge is -2.13. The summed E-state index contributed by atoms with van der Waals surface area (Å²) in [5, 5.41) is 3.71. The van der Waals surface area contributed by atoms with Crippen molar-refractivity contribution in [1.29, 1.82) is 0 Å². The monoisotopic (exact) mass is 315 g/mol. The number of rotatable bonds is 6. The summed E-state index contributed by atoms with van der Waals surface area (Å²) in [5.74, 6) is 0.706. The fourth-order valence-corrected chi connectivity index (χ4v) is 1.91. The van der Waals surface area contributed by atoms with Crippen molar-refractivity contribution in [2.75, 3.05) is 21.3 Å². The number of esters is 1. The highest BCUT2D eigenvalue weighted by atomic mass is 16.6. The van der Waals surface area contributed by atoms with Gasteiger partial charge >= 0.3 is 5.97 Å². The van der Waals surface area contributed by atoms with E-state index in [1.165, 1.54) is 27.5 Å². The molecule has 2 rings (SSSR count). The quantitative estimate of drug-likeness (QED) is 0.355. The number of hydrogen-bond donors (Lipinski definition) is 0. The highest BCUT2D eigenvalue weighted by Gasteiger charge is 2.16. The topological polar surface area (TPSA) is 66.3 Å². The van der Waals surface area contributed by atoms with E-state index in [1.807, 2.05) is 6.07 Å². The number of nitrogens with zero attached hydrogens (tertiary/aromatic N) is 1. The van der Waals surface area contributed by atoms with Crippen LogP contribution < -0.4 is 14.2 Å². The van der Waals surface area contributed by atoms with Gasteiger partial charge in [0, 0.05) is 12.1 Å². The highest BCUT2D eigenvalue weighted by molar-refractivity contribution is 5.94. The van der Waals surface area contributed by atoms with Crippen molar-refractivity contribution in [2.24, 2.45) is 5.16 Å². The number of oxime groups is 1. The van der Waals surface area contributed by atoms with Crippen LogP contribution in [0.2, 0.25) is 0 Å². The molecule has 0 aliphatic rings. The van der Waals surface area contributed by atoms with Crippen LogP contribution in [-0.2, 0) is 4.84 Å². The van der Waals surface area contributed by atoms with Crippen LogP contribution in [0.25, 0.3) is 0 Å². The first-order chi connectivity index (χ1) is 11.2. The summed E-state index contributed by atoms with van der Waals surface area (Å²) < 4.78 is 16.0. The Balaban J connectivity index is 2.42. The summed E-state index contributed by atoms with van der Waals surface area (Å²) in [6, 6.07) is 11.9. The lowest BCUT2D eigenvalue weighted by molar-refractivity contribution is 0.0734. The number of benzene rings is 2. The van der Waals surface area contributed by atoms with Gasteiger partial charge in [-0.05, 0) is 12.1 Å². The molecule has 0 bridgehead atoms. The molecule has 0 saturated heterocycles. The average Bonchev–Trinajstić information content (AvgIpc) is 2.60. The van der Waals surface area contributed by atoms with E-state index in [9.17, 15) is 4.79 Å². The minimum absolute atomic E-state index is 0.260. The number of carbonyl (C=O) groups is 1. The predicted molar refractivity (Wildman–Crippen MR) is 85.5 cm³/mol. The summed E-state index contributed by atoms with van der Waals surface area (Å²) in [6.45, 7) is 0. The zero-order valence-corrected chi connectivity index (χ0v) is 13.1. The number of hydrogen-bond acceptors (Lipinski definition) is 6. The summed E-state index contributed by atoms with van der Waals surface area (Å²) in [4.78, 5) is 16.9. The van der Waals surface area contributed by atoms with Gasteiger partial charge in [0.15, 0.2) is 0 Å². The summed E-state index contributed by atoms with van der Waals surface area (Å²) in [5.41, 5.74) is 0.906. The van der Waals surface area contributed by atoms with Crippen LogP contribution in [0.3, 0.4) is 0 Å². The molecule has 6 nitrogen and oxygen atoms in total. The number of carbonyl (C=O) groups excluding carboxylic acids is 1. The van der Waals surface area contributed by atoms with E-state index in [0.29, 0.717) is 22.6 Å². The molecule has 0 N–H and O–H groups in total. The molecule has 23 heavy (non-hydrogen) atoms. The molecule has 6 heteroatoms. The second kappa shape index (κ2) is 7.84. The number of ether oxygens (including phenoxy) is 3. The van der Waals surface area contributed by atoms with E-state index in [-0.39, 0.29) is 5.75 Å². The second-order valence-electron chi connectivity index (χ2n) is 4.41. The molecular weight excluding hydrogens is 298 g/mol. The second-order valence-corrected chi connectivity index (χ2v) is 4.41. The van der Waals surface area contributed by atoms with Crippen LogP contribution in [0.4, 0.5) is 0 Å². The molecule has 2 aromatic rings. The van der Waals surface area contributed by atoms with Gasteiger partial charge in [0.05, 0.1) is 31.6 Å². The molecule has 0 aliphatic heterocycles. The molecule has 0 atom stereocenters. The lowest BCUT2D eigenvalue weighted by Crippen LogP contribution is -2.10. The summed E-state index contributed by atoms with van der Waals surface area (Å²) in [7, 11) is 4.43. The molecule has 0 fully saturated rings. The molecule has 0 amide bonds. The first-order valence-electron chi connectivity index (χ1n) is 6.79. The zero-order chi connectivity index (χ0) is 16.7. The van der Waals surface area contributed by atoms with Gasteiger partial charge in [-0.1, -0.05) is 23.4 Å². The maximum absolute atomic E-state index is 12.3. The maximum atomic E-state index is 12.3. The Morgan fingerprint density at radius 1 is 1.00 bits per heavy atom. The summed E-state index contributed by atoms with van der Waals surface area (Å²) in [6.07, 6.45) is 1.41. The van der Waals surface area contributed by atoms with Crippen molar-refractivity contribution in [2.45, 2.75) is 0 Å². The minimum atomic E-state index is -0.493. The standard InChI is InChI=1S/C17H17NO5/c1-20-13-9-15(21-2)14(11-18-22-3)16(10-13)23-17(19)12-7-5-4-6-8-12/h4-11H,1-3H3/b18-11+. The Morgan fingerprint density at radius 2 is 1.70 bits per heavy atom. The van der Waals surface area contributed by atoms with Gasteiger partial charge in [-0.3, -0.25) is 0 Å². The smallest absolute Gasteiger partial charge is 0.343 e. The van der Waals surface area contributed by atoms with Crippen LogP contribution in [0, 0.1) is 0 Å². The Kier molecular flexibility index (Phi) is 5.57. The molecule has 120 valence electrons. The van der Waals surface area contributed by atoms with Gasteiger partial charge in [0.25, 0.3) is 0 Å². The van der Waals surface area contributed by atoms with Crippen LogP contribution in [-0.4, -0.2) is 33.5 Å². The van der Waals surface area contributed by atoms with Crippen molar-refractivity contribution < 1.29 is 23.8 Å². The molecule has 0 spiro atoms. The third kappa shape index (κ3) is 4.00. The van der Waals surface area contributed by atoms with Crippen LogP contribution in [0.5, 0.6) is 17.2 Å². The van der Waals surface area contributed by atoms with E-state index in [1.54, 1.807) is 36.4 Å². The Labute approximate surface area is 134 Å². The van der Waals surface area contributed by atoms with Crippen molar-refractivity contribution in [3.63, 3.8) is 0 Å². The molecule has 2 aromatic carbocycles. The molecule has 0 aromatic heterocycles. The van der Waals surface area contributed by atoms with Crippen LogP contribution in [0.1, 0.15) is 15.9 Å². The first-order valence-corrected chi connectivity index (χ1v) is 6.79. The van der Waals surface area contributed by atoms with Gasteiger partial charge in [-0.15, -0.1) is 0 Å². The summed E-state index contributed by atoms with van der Waals surface area (Å²) >= 11 is 0. The van der Waals surface area contributed by atoms with Crippen molar-refractivity contribution in [3.8, 4) is 17.2 Å². The molecule has 0 heterocycles. The molecule has 0 saturated carbocycles. The Morgan fingerprint density at radius 3 is 2.30 bits per heavy atom. The van der Waals surface area contributed by atoms with Crippen LogP contribution in [0.15, 0.2) is 47.6 Å². The minimum Gasteiger partial charge on any atom is -0.496 e. The first kappa shape index (κ1) is 16.4. The van der Waals surface area contributed by atoms with Gasteiger partial charge in [0.2, 0.25) is 0 Å². The zero-order valence-electron chi connectivity index (χ0n) is 13.1. The van der Waals surface area contributed by atoms with Crippen molar-refractivity contribution in [1.82, 2.24) is 0 Å². The van der Waals surface area contributed by atoms with E-state index in [4.69, 9.17) is 14.2 Å². The number of methoxy groups -OCH3 is 2. The molecule has 0 aliphatic carbocycles. The van der Waals surface area contributed by atoms with Gasteiger partial charge < -0.3 is 19.0 Å². The SMILES string of the molecule is CO/N=C/c1c(OC)cc(OC)cc1OC(=O)c1ccccc1. The third-order valence-corrected chi connectivity index (χ3v) is 3.03. The van der Waals surface area contributed by atoms with E-state index < -0.39 is 5.97 Å². The van der Waals surface area contributed by atoms with Gasteiger partial charge in [0.1, 0.15) is 24.4 Å². The van der Waals surface area contributed by atoms with E-state index in [2.05, 4.69) is 9.99 Å². The fourth-order valence-electron chi connectivity index (χ4n) is 1.91. The van der Waals surface area contributed by atoms with E-state index in [0.717, 1.165) is 0 Å². The molecule has 0 unspecified atom stereocenters.